The van der Waals surface area contributed by atoms with Gasteiger partial charge in [-0.2, -0.15) is 0 Å². The van der Waals surface area contributed by atoms with E-state index in [0.717, 1.165) is 24.0 Å². The second-order valence-corrected chi connectivity index (χ2v) is 6.60. The Bertz CT molecular complexity index is 804. The number of urea groups is 1. The van der Waals surface area contributed by atoms with Crippen LogP contribution in [0.5, 0.6) is 0 Å². The van der Waals surface area contributed by atoms with E-state index in [1.165, 1.54) is 0 Å². The molecule has 0 aromatic heterocycles. The minimum atomic E-state index is -0.507. The molecule has 1 saturated carbocycles. The van der Waals surface area contributed by atoms with Crippen LogP contribution in [0, 0.1) is 6.92 Å². The molecule has 0 aliphatic heterocycles. The van der Waals surface area contributed by atoms with Crippen LogP contribution in [0.4, 0.5) is 21.0 Å². The van der Waals surface area contributed by atoms with Crippen molar-refractivity contribution in [3.8, 4) is 0 Å². The molecule has 0 spiro atoms. The topological polar surface area (TPSA) is 70.7 Å². The van der Waals surface area contributed by atoms with E-state index >= 15 is 0 Å². The number of amides is 3. The number of anilines is 2. The standard InChI is InChI=1S/C21H25N3O3/c1-3-27-21(26)23-19-11-7-10-18(15(19)2)22-20(25)24(17-12-13-17)14-16-8-5-4-6-9-16/h4-11,17H,3,12-14H2,1-2H3,(H,22,25)(H,23,26). The van der Waals surface area contributed by atoms with Crippen LogP contribution in [0.25, 0.3) is 0 Å². The highest BCUT2D eigenvalue weighted by Crippen LogP contribution is 2.30. The Balaban J connectivity index is 1.71. The molecular formula is C21H25N3O3. The number of benzene rings is 2. The van der Waals surface area contributed by atoms with E-state index in [9.17, 15) is 9.59 Å². The number of carbonyl (C=O) groups is 2. The van der Waals surface area contributed by atoms with Crippen LogP contribution in [-0.2, 0) is 11.3 Å². The third-order valence-corrected chi connectivity index (χ3v) is 4.53. The minimum absolute atomic E-state index is 0.127. The lowest BCUT2D eigenvalue weighted by molar-refractivity contribution is 0.168. The molecule has 6 heteroatoms. The Kier molecular flexibility index (Phi) is 5.96. The van der Waals surface area contributed by atoms with Gasteiger partial charge in [-0.25, -0.2) is 9.59 Å². The number of nitrogens with zero attached hydrogens (tertiary/aromatic N) is 1. The summed E-state index contributed by atoms with van der Waals surface area (Å²) < 4.78 is 4.92. The highest BCUT2D eigenvalue weighted by Gasteiger charge is 2.32. The summed E-state index contributed by atoms with van der Waals surface area (Å²) in [7, 11) is 0. The molecule has 0 saturated heterocycles. The molecule has 2 N–H and O–H groups in total. The molecule has 6 nitrogen and oxygen atoms in total. The Morgan fingerprint density at radius 1 is 1.04 bits per heavy atom. The van der Waals surface area contributed by atoms with Crippen molar-refractivity contribution in [1.29, 1.82) is 0 Å². The second kappa shape index (κ2) is 8.58. The second-order valence-electron chi connectivity index (χ2n) is 6.60. The Hall–Kier alpha value is -3.02. The highest BCUT2D eigenvalue weighted by atomic mass is 16.5. The molecule has 2 aromatic carbocycles. The van der Waals surface area contributed by atoms with Crippen molar-refractivity contribution in [2.45, 2.75) is 39.3 Å². The molecule has 0 radical (unpaired) electrons. The summed E-state index contributed by atoms with van der Waals surface area (Å²) in [5.41, 5.74) is 3.18. The highest BCUT2D eigenvalue weighted by molar-refractivity contribution is 5.93. The van der Waals surface area contributed by atoms with E-state index in [2.05, 4.69) is 10.6 Å². The zero-order valence-corrected chi connectivity index (χ0v) is 15.7. The normalized spacial score (nSPS) is 13.0. The smallest absolute Gasteiger partial charge is 0.411 e. The maximum absolute atomic E-state index is 12.9. The molecule has 1 aliphatic carbocycles. The molecule has 3 rings (SSSR count). The SMILES string of the molecule is CCOC(=O)Nc1cccc(NC(=O)N(Cc2ccccc2)C2CC2)c1C. The van der Waals surface area contributed by atoms with Crippen LogP contribution in [0.2, 0.25) is 0 Å². The lowest BCUT2D eigenvalue weighted by atomic mass is 10.1. The summed E-state index contributed by atoms with van der Waals surface area (Å²) in [5, 5.41) is 5.70. The predicted molar refractivity (Wildman–Crippen MR) is 106 cm³/mol. The van der Waals surface area contributed by atoms with Crippen molar-refractivity contribution in [3.05, 3.63) is 59.7 Å². The first-order chi connectivity index (χ1) is 13.1. The Labute approximate surface area is 159 Å². The Morgan fingerprint density at radius 3 is 2.33 bits per heavy atom. The van der Waals surface area contributed by atoms with Crippen molar-refractivity contribution in [3.63, 3.8) is 0 Å². The van der Waals surface area contributed by atoms with Crippen LogP contribution >= 0.6 is 0 Å². The fourth-order valence-electron chi connectivity index (χ4n) is 2.90. The molecule has 0 atom stereocenters. The molecule has 2 aromatic rings. The molecular weight excluding hydrogens is 342 g/mol. The van der Waals surface area contributed by atoms with E-state index < -0.39 is 6.09 Å². The van der Waals surface area contributed by atoms with Crippen LogP contribution in [-0.4, -0.2) is 29.7 Å². The summed E-state index contributed by atoms with van der Waals surface area (Å²) in [6.07, 6.45) is 1.56. The van der Waals surface area contributed by atoms with Gasteiger partial charge >= 0.3 is 12.1 Å². The van der Waals surface area contributed by atoms with Crippen LogP contribution < -0.4 is 10.6 Å². The van der Waals surface area contributed by atoms with E-state index in [0.29, 0.717) is 24.5 Å². The van der Waals surface area contributed by atoms with Crippen LogP contribution in [0.15, 0.2) is 48.5 Å². The van der Waals surface area contributed by atoms with Gasteiger partial charge in [-0.15, -0.1) is 0 Å². The molecule has 1 fully saturated rings. The lowest BCUT2D eigenvalue weighted by Gasteiger charge is -2.24. The van der Waals surface area contributed by atoms with Crippen molar-refractivity contribution in [2.24, 2.45) is 0 Å². The first kappa shape index (κ1) is 18.8. The summed E-state index contributed by atoms with van der Waals surface area (Å²) >= 11 is 0. The third kappa shape index (κ3) is 5.00. The quantitative estimate of drug-likeness (QED) is 0.773. The van der Waals surface area contributed by atoms with Crippen LogP contribution in [0.3, 0.4) is 0 Å². The molecule has 1 aliphatic rings. The maximum Gasteiger partial charge on any atom is 0.411 e. The zero-order chi connectivity index (χ0) is 19.2. The van der Waals surface area contributed by atoms with Crippen LogP contribution in [0.1, 0.15) is 30.9 Å². The van der Waals surface area contributed by atoms with Gasteiger partial charge in [-0.3, -0.25) is 5.32 Å². The van der Waals surface area contributed by atoms with Crippen molar-refractivity contribution >= 4 is 23.5 Å². The van der Waals surface area contributed by atoms with Gasteiger partial charge in [-0.05, 0) is 49.9 Å². The molecule has 3 amide bonds. The summed E-state index contributed by atoms with van der Waals surface area (Å²) in [4.78, 5) is 26.4. The average Bonchev–Trinajstić information content (AvgIpc) is 3.49. The van der Waals surface area contributed by atoms with Gasteiger partial charge in [0.15, 0.2) is 0 Å². The number of hydrogen-bond acceptors (Lipinski definition) is 3. The van der Waals surface area contributed by atoms with Gasteiger partial charge in [0.25, 0.3) is 0 Å². The number of carbonyl (C=O) groups excluding carboxylic acids is 2. The molecule has 142 valence electrons. The fraction of sp³-hybridized carbons (Fsp3) is 0.333. The fourth-order valence-corrected chi connectivity index (χ4v) is 2.90. The summed E-state index contributed by atoms with van der Waals surface area (Å²) in [5.74, 6) is 0. The monoisotopic (exact) mass is 367 g/mol. The average molecular weight is 367 g/mol. The van der Waals surface area contributed by atoms with E-state index in [4.69, 9.17) is 4.74 Å². The van der Waals surface area contributed by atoms with E-state index in [1.54, 1.807) is 19.1 Å². The molecule has 0 unspecified atom stereocenters. The first-order valence-corrected chi connectivity index (χ1v) is 9.23. The largest absolute Gasteiger partial charge is 0.450 e. The van der Waals surface area contributed by atoms with Gasteiger partial charge < -0.3 is 15.0 Å². The summed E-state index contributed by atoms with van der Waals surface area (Å²) in [6.45, 7) is 4.49. The van der Waals surface area contributed by atoms with Gasteiger partial charge in [0.05, 0.1) is 6.61 Å². The number of nitrogens with one attached hydrogen (secondary N) is 2. The van der Waals surface area contributed by atoms with E-state index in [1.807, 2.05) is 48.2 Å². The van der Waals surface area contributed by atoms with E-state index in [-0.39, 0.29) is 12.1 Å². The number of rotatable bonds is 6. The van der Waals surface area contributed by atoms with Crippen molar-refractivity contribution < 1.29 is 14.3 Å². The minimum Gasteiger partial charge on any atom is -0.450 e. The summed E-state index contributed by atoms with van der Waals surface area (Å²) in [6, 6.07) is 15.5. The first-order valence-electron chi connectivity index (χ1n) is 9.23. The van der Waals surface area contributed by atoms with Crippen molar-refractivity contribution in [2.75, 3.05) is 17.2 Å². The molecule has 0 heterocycles. The lowest BCUT2D eigenvalue weighted by Crippen LogP contribution is -2.36. The predicted octanol–water partition coefficient (Wildman–Crippen LogP) is 4.76. The zero-order valence-electron chi connectivity index (χ0n) is 15.7. The van der Waals surface area contributed by atoms with Crippen molar-refractivity contribution in [1.82, 2.24) is 4.90 Å². The number of ether oxygens (including phenoxy) is 1. The number of hydrogen-bond donors (Lipinski definition) is 2. The Morgan fingerprint density at radius 2 is 1.70 bits per heavy atom. The van der Waals surface area contributed by atoms with Gasteiger partial charge in [0, 0.05) is 24.0 Å². The molecule has 0 bridgehead atoms. The molecule has 27 heavy (non-hydrogen) atoms. The van der Waals surface area contributed by atoms with Gasteiger partial charge in [0.1, 0.15) is 0 Å². The van der Waals surface area contributed by atoms with Gasteiger partial charge in [0.2, 0.25) is 0 Å². The maximum atomic E-state index is 12.9. The van der Waals surface area contributed by atoms with Gasteiger partial charge in [-0.1, -0.05) is 36.4 Å². The third-order valence-electron chi connectivity index (χ3n) is 4.53.